The van der Waals surface area contributed by atoms with Crippen LogP contribution in [0, 0.1) is 24.8 Å². The standard InChI is InChI=1S/C45H39N4O.CH3.Pt/c1-44(2,3)34-25-31(26-35(27-34)45(4,5)6)30-22-32(24-33(23-30)39-17-9-10-20-47-39)37-16-12-18-40-42(37)48-43(38-15-7-8-19-41(38)50)49(40)36-14-11-13-29(21-36)28-46;;/h7-23,25-27,50H,1-6H3;1H3;/q2*-1;+2. The Bertz CT molecular complexity index is 2390. The fourth-order valence-electron chi connectivity index (χ4n) is 6.34. The van der Waals surface area contributed by atoms with Crippen LogP contribution in [-0.4, -0.2) is 19.6 Å². The number of hydrogen-bond donors (Lipinski definition) is 1. The summed E-state index contributed by atoms with van der Waals surface area (Å²) < 4.78 is 2.01. The van der Waals surface area contributed by atoms with E-state index in [4.69, 9.17) is 9.97 Å². The second kappa shape index (κ2) is 14.7. The Labute approximate surface area is 321 Å². The van der Waals surface area contributed by atoms with Crippen LogP contribution < -0.4 is 0 Å². The first-order chi connectivity index (χ1) is 23.9. The monoisotopic (exact) mass is 861 g/mol. The van der Waals surface area contributed by atoms with Gasteiger partial charge in [-0.3, -0.25) is 9.55 Å². The number of nitrogens with zero attached hydrogens (tertiary/aromatic N) is 4. The number of nitriles is 1. The van der Waals surface area contributed by atoms with E-state index in [-0.39, 0.29) is 45.1 Å². The predicted molar refractivity (Wildman–Crippen MR) is 210 cm³/mol. The quantitative estimate of drug-likeness (QED) is 0.175. The number of rotatable bonds is 5. The minimum absolute atomic E-state index is 0. The van der Waals surface area contributed by atoms with Gasteiger partial charge in [0.2, 0.25) is 0 Å². The molecule has 52 heavy (non-hydrogen) atoms. The van der Waals surface area contributed by atoms with Gasteiger partial charge in [-0.25, -0.2) is 4.98 Å². The van der Waals surface area contributed by atoms with Gasteiger partial charge in [0.25, 0.3) is 0 Å². The Morgan fingerprint density at radius 3 is 1.98 bits per heavy atom. The summed E-state index contributed by atoms with van der Waals surface area (Å²) >= 11 is 0. The van der Waals surface area contributed by atoms with Gasteiger partial charge in [0.1, 0.15) is 11.6 Å². The maximum atomic E-state index is 11.0. The van der Waals surface area contributed by atoms with Gasteiger partial charge >= 0.3 is 21.1 Å². The fraction of sp³-hybridized carbons (Fsp3) is 0.174. The summed E-state index contributed by atoms with van der Waals surface area (Å²) in [6, 6.07) is 44.0. The molecule has 0 aliphatic heterocycles. The van der Waals surface area contributed by atoms with E-state index in [0.29, 0.717) is 17.0 Å². The molecule has 5 nitrogen and oxygen atoms in total. The molecule has 0 saturated carbocycles. The number of fused-ring (bicyclic) bond motifs is 1. The Kier molecular flexibility index (Phi) is 10.8. The number of phenolic OH excluding ortho intramolecular Hbond substituents is 1. The van der Waals surface area contributed by atoms with Gasteiger partial charge in [-0.15, -0.1) is 23.8 Å². The van der Waals surface area contributed by atoms with Gasteiger partial charge in [-0.05, 0) is 70.0 Å². The van der Waals surface area contributed by atoms with E-state index in [1.54, 1.807) is 18.2 Å². The summed E-state index contributed by atoms with van der Waals surface area (Å²) in [7, 11) is 0. The minimum atomic E-state index is -0.0375. The minimum Gasteiger partial charge on any atom is -0.507 e. The topological polar surface area (TPSA) is 74.7 Å². The molecule has 7 aromatic rings. The van der Waals surface area contributed by atoms with Gasteiger partial charge in [-0.1, -0.05) is 119 Å². The number of aromatic nitrogens is 3. The van der Waals surface area contributed by atoms with Crippen molar-refractivity contribution in [1.82, 2.24) is 14.5 Å². The van der Waals surface area contributed by atoms with Crippen LogP contribution in [0.3, 0.4) is 0 Å². The maximum absolute atomic E-state index is 11.0. The third-order valence-corrected chi connectivity index (χ3v) is 9.16. The number of aromatic hydroxyl groups is 1. The summed E-state index contributed by atoms with van der Waals surface area (Å²) in [6.45, 7) is 13.5. The van der Waals surface area contributed by atoms with Crippen LogP contribution in [0.4, 0.5) is 0 Å². The first-order valence-electron chi connectivity index (χ1n) is 16.9. The molecule has 2 aromatic heterocycles. The van der Waals surface area contributed by atoms with Crippen LogP contribution in [-0.2, 0) is 31.9 Å². The summed E-state index contributed by atoms with van der Waals surface area (Å²) in [5, 5.41) is 20.7. The van der Waals surface area contributed by atoms with E-state index >= 15 is 0 Å². The Balaban J connectivity index is 0.00000261. The fourth-order valence-corrected chi connectivity index (χ4v) is 6.34. The second-order valence-electron chi connectivity index (χ2n) is 14.8. The van der Waals surface area contributed by atoms with Crippen molar-refractivity contribution in [3.05, 3.63) is 152 Å². The molecule has 0 spiro atoms. The van der Waals surface area contributed by atoms with Crippen molar-refractivity contribution in [3.63, 3.8) is 0 Å². The SMILES string of the molecule is CC(C)(C)c1cc(-c2cc(-c3ccccn3)[c-]c(-c3cccc4c3nc(-c3ccccc3O)n4-c3cccc(C#N)c3)c2)cc(C(C)(C)C)c1.[CH3-].[Pt+2]. The molecular formula is C46H42N4OPt. The summed E-state index contributed by atoms with van der Waals surface area (Å²) in [5.41, 5.74) is 11.7. The van der Waals surface area contributed by atoms with E-state index < -0.39 is 0 Å². The van der Waals surface area contributed by atoms with Crippen LogP contribution in [0.5, 0.6) is 5.75 Å². The molecule has 6 heteroatoms. The zero-order chi connectivity index (χ0) is 35.2. The average Bonchev–Trinajstić information content (AvgIpc) is 3.51. The zero-order valence-corrected chi connectivity index (χ0v) is 32.9. The molecule has 7 rings (SSSR count). The van der Waals surface area contributed by atoms with E-state index in [0.717, 1.165) is 50.2 Å². The third kappa shape index (κ3) is 7.36. The molecule has 5 aromatic carbocycles. The molecule has 0 amide bonds. The van der Waals surface area contributed by atoms with E-state index in [9.17, 15) is 10.4 Å². The van der Waals surface area contributed by atoms with E-state index in [2.05, 4.69) is 90.1 Å². The van der Waals surface area contributed by atoms with E-state index in [1.165, 1.54) is 11.1 Å². The molecule has 0 aliphatic carbocycles. The van der Waals surface area contributed by atoms with Crippen molar-refractivity contribution in [2.45, 2.75) is 52.4 Å². The second-order valence-corrected chi connectivity index (χ2v) is 14.8. The smallest absolute Gasteiger partial charge is 0.507 e. The largest absolute Gasteiger partial charge is 2.00 e. The van der Waals surface area contributed by atoms with Crippen LogP contribution in [0.1, 0.15) is 58.2 Å². The number of imidazole rings is 1. The Morgan fingerprint density at radius 2 is 1.33 bits per heavy atom. The number of phenols is 1. The Hall–Kier alpha value is -5.30. The summed E-state index contributed by atoms with van der Waals surface area (Å²) in [4.78, 5) is 9.95. The number of pyridine rings is 1. The van der Waals surface area contributed by atoms with E-state index in [1.807, 2.05) is 71.4 Å². The molecule has 1 N–H and O–H groups in total. The molecule has 0 bridgehead atoms. The van der Waals surface area contributed by atoms with Crippen molar-refractivity contribution in [3.8, 4) is 62.4 Å². The predicted octanol–water partition coefficient (Wildman–Crippen LogP) is 11.5. The van der Waals surface area contributed by atoms with Crippen molar-refractivity contribution in [2.24, 2.45) is 0 Å². The first-order valence-corrected chi connectivity index (χ1v) is 16.9. The number of para-hydroxylation sites is 2. The van der Waals surface area contributed by atoms with Crippen molar-refractivity contribution in [1.29, 1.82) is 5.26 Å². The molecule has 2 heterocycles. The normalized spacial score (nSPS) is 11.4. The van der Waals surface area contributed by atoms with Crippen LogP contribution >= 0.6 is 0 Å². The molecular weight excluding hydrogens is 820 g/mol. The molecule has 0 radical (unpaired) electrons. The van der Waals surface area contributed by atoms with Gasteiger partial charge in [-0.2, -0.15) is 5.26 Å². The van der Waals surface area contributed by atoms with Gasteiger partial charge in [0.15, 0.2) is 0 Å². The molecule has 0 atom stereocenters. The van der Waals surface area contributed by atoms with Crippen molar-refractivity contribution in [2.75, 3.05) is 0 Å². The van der Waals surface area contributed by atoms with Gasteiger partial charge in [0.05, 0.1) is 28.2 Å². The Morgan fingerprint density at radius 1 is 0.692 bits per heavy atom. The molecule has 262 valence electrons. The van der Waals surface area contributed by atoms with Crippen LogP contribution in [0.15, 0.2) is 121 Å². The van der Waals surface area contributed by atoms with Crippen molar-refractivity contribution >= 4 is 11.0 Å². The molecule has 0 saturated heterocycles. The molecule has 0 fully saturated rings. The first kappa shape index (κ1) is 37.9. The number of hydrogen-bond acceptors (Lipinski definition) is 4. The zero-order valence-electron chi connectivity index (χ0n) is 30.6. The molecule has 0 aliphatic rings. The maximum Gasteiger partial charge on any atom is 2.00 e. The average molecular weight is 862 g/mol. The summed E-state index contributed by atoms with van der Waals surface area (Å²) in [6.07, 6.45) is 1.81. The van der Waals surface area contributed by atoms with Crippen LogP contribution in [0.25, 0.3) is 61.6 Å². The summed E-state index contributed by atoms with van der Waals surface area (Å²) in [5.74, 6) is 0.705. The third-order valence-electron chi connectivity index (χ3n) is 9.16. The van der Waals surface area contributed by atoms with Gasteiger partial charge < -0.3 is 12.5 Å². The molecule has 0 unspecified atom stereocenters. The van der Waals surface area contributed by atoms with Crippen molar-refractivity contribution < 1.29 is 26.2 Å². The van der Waals surface area contributed by atoms with Crippen LogP contribution in [0.2, 0.25) is 0 Å². The number of benzene rings is 5. The van der Waals surface area contributed by atoms with Gasteiger partial charge in [0, 0.05) is 17.6 Å².